The van der Waals surface area contributed by atoms with E-state index in [0.717, 1.165) is 72.0 Å². The van der Waals surface area contributed by atoms with Crippen molar-refractivity contribution in [3.63, 3.8) is 0 Å². The Morgan fingerprint density at radius 1 is 0.556 bits per heavy atom. The minimum atomic E-state index is -1.35. The summed E-state index contributed by atoms with van der Waals surface area (Å²) >= 11 is 0. The Morgan fingerprint density at radius 2 is 1.31 bits per heavy atom. The predicted molar refractivity (Wildman–Crippen MR) is 219 cm³/mol. The van der Waals surface area contributed by atoms with E-state index in [9.17, 15) is 0 Å². The molecule has 6 aromatic carbocycles. The monoisotopic (exact) mass is 699 g/mol. The summed E-state index contributed by atoms with van der Waals surface area (Å²) in [5.41, 5.74) is 11.5. The van der Waals surface area contributed by atoms with Gasteiger partial charge in [-0.3, -0.25) is 8.97 Å². The summed E-state index contributed by atoms with van der Waals surface area (Å²) in [6.45, 7) is 4.63. The molecule has 6 heteroatoms. The van der Waals surface area contributed by atoms with Crippen LogP contribution in [0.2, 0.25) is 0 Å². The smallest absolute Gasteiger partial charge is 0.150 e. The molecule has 1 unspecified atom stereocenters. The lowest BCUT2D eigenvalue weighted by Crippen LogP contribution is -2.30. The van der Waals surface area contributed by atoms with Crippen LogP contribution in [0, 0.1) is 0 Å². The number of fused-ring (bicyclic) bond motifs is 12. The van der Waals surface area contributed by atoms with Gasteiger partial charge in [0.2, 0.25) is 0 Å². The Morgan fingerprint density at radius 3 is 2.22 bits per heavy atom. The van der Waals surface area contributed by atoms with Gasteiger partial charge in [0.1, 0.15) is 11.3 Å². The summed E-state index contributed by atoms with van der Waals surface area (Å²) in [4.78, 5) is 12.1. The van der Waals surface area contributed by atoms with Gasteiger partial charge < -0.3 is 4.90 Å². The van der Waals surface area contributed by atoms with Gasteiger partial charge >= 0.3 is 0 Å². The second-order valence-corrected chi connectivity index (χ2v) is 14.8. The molecule has 0 fully saturated rings. The zero-order chi connectivity index (χ0) is 36.1. The fourth-order valence-electron chi connectivity index (χ4n) is 8.98. The molecular weight excluding hydrogens is 666 g/mol. The highest BCUT2D eigenvalue weighted by Gasteiger charge is 2.39. The first kappa shape index (κ1) is 30.8. The molecule has 54 heavy (non-hydrogen) atoms. The van der Waals surface area contributed by atoms with Crippen molar-refractivity contribution in [3.05, 3.63) is 186 Å². The van der Waals surface area contributed by atoms with Gasteiger partial charge in [0.05, 0.1) is 22.4 Å². The van der Waals surface area contributed by atoms with E-state index in [1.165, 1.54) is 11.1 Å². The van der Waals surface area contributed by atoms with Gasteiger partial charge in [-0.2, -0.15) is 0 Å². The maximum absolute atomic E-state index is 16.9. The third-order valence-corrected chi connectivity index (χ3v) is 11.5. The Hall–Kier alpha value is -6.79. The van der Waals surface area contributed by atoms with Crippen molar-refractivity contribution in [3.8, 4) is 5.69 Å². The molecule has 1 atom stereocenters. The average Bonchev–Trinajstić information content (AvgIpc) is 3.85. The number of halogens is 1. The molecule has 0 N–H and O–H groups in total. The van der Waals surface area contributed by atoms with E-state index in [-0.39, 0.29) is 5.41 Å². The topological polar surface area (TPSA) is 38.4 Å². The molecule has 0 amide bonds. The van der Waals surface area contributed by atoms with Crippen LogP contribution in [0.4, 0.5) is 21.5 Å². The lowest BCUT2D eigenvalue weighted by Gasteiger charge is -2.42. The lowest BCUT2D eigenvalue weighted by molar-refractivity contribution is 0.402. The molecule has 1 aliphatic heterocycles. The van der Waals surface area contributed by atoms with Crippen LogP contribution in [0.25, 0.3) is 54.9 Å². The number of benzene rings is 6. The van der Waals surface area contributed by atoms with Gasteiger partial charge in [0.15, 0.2) is 6.17 Å². The fourth-order valence-corrected chi connectivity index (χ4v) is 8.98. The van der Waals surface area contributed by atoms with E-state index in [1.807, 2.05) is 67.0 Å². The van der Waals surface area contributed by atoms with Crippen molar-refractivity contribution in [2.45, 2.75) is 25.4 Å². The molecule has 11 rings (SSSR count). The lowest BCUT2D eigenvalue weighted by atomic mass is 9.73. The second-order valence-electron chi connectivity index (χ2n) is 14.8. The maximum atomic E-state index is 16.9. The first-order valence-corrected chi connectivity index (χ1v) is 18.4. The third kappa shape index (κ3) is 4.25. The van der Waals surface area contributed by atoms with Gasteiger partial charge in [-0.1, -0.05) is 98.8 Å². The first-order chi connectivity index (χ1) is 26.5. The molecular formula is C48H34FN5. The van der Waals surface area contributed by atoms with E-state index in [4.69, 9.17) is 4.98 Å². The van der Waals surface area contributed by atoms with Crippen LogP contribution in [0.15, 0.2) is 164 Å². The largest absolute Gasteiger partial charge is 0.309 e. The number of nitrogens with zero attached hydrogens (tertiary/aromatic N) is 5. The number of anilines is 3. The van der Waals surface area contributed by atoms with E-state index in [2.05, 4.69) is 124 Å². The number of imidazole rings is 1. The SMILES string of the molecule is CC1(C)c2ccccc2N(c2ccccc2)c2c1ccc1c2c2cccnc2n1-c1cccc(C(F)c2ccc3c4ccccc4n4ccnc4c3c2)c1. The van der Waals surface area contributed by atoms with Crippen LogP contribution in [0.3, 0.4) is 0 Å². The Kier molecular flexibility index (Phi) is 6.48. The number of hydrogen-bond donors (Lipinski definition) is 0. The van der Waals surface area contributed by atoms with E-state index in [0.29, 0.717) is 11.1 Å². The summed E-state index contributed by atoms with van der Waals surface area (Å²) < 4.78 is 21.2. The summed E-state index contributed by atoms with van der Waals surface area (Å²) in [6, 6.07) is 50.0. The molecule has 0 spiro atoms. The molecule has 10 aromatic rings. The summed E-state index contributed by atoms with van der Waals surface area (Å²) in [5.74, 6) is 0. The molecule has 5 nitrogen and oxygen atoms in total. The fraction of sp³-hybridized carbons (Fsp3) is 0.0833. The van der Waals surface area contributed by atoms with Crippen molar-refractivity contribution in [1.29, 1.82) is 0 Å². The highest BCUT2D eigenvalue weighted by atomic mass is 19.1. The van der Waals surface area contributed by atoms with Crippen molar-refractivity contribution in [2.75, 3.05) is 4.90 Å². The van der Waals surface area contributed by atoms with Crippen LogP contribution in [0.5, 0.6) is 0 Å². The van der Waals surface area contributed by atoms with Crippen LogP contribution < -0.4 is 4.90 Å². The van der Waals surface area contributed by atoms with Crippen molar-refractivity contribution >= 4 is 66.3 Å². The van der Waals surface area contributed by atoms with E-state index >= 15 is 4.39 Å². The molecule has 1 aliphatic rings. The van der Waals surface area contributed by atoms with Gasteiger partial charge in [-0.25, -0.2) is 14.4 Å². The number of hydrogen-bond acceptors (Lipinski definition) is 3. The second kappa shape index (κ2) is 11.4. The standard InChI is InChI=1S/C48H34FN5/c1-48(2)38-18-7-9-20-41(38)53(32-13-4-3-5-14-32)45-39(48)23-24-42-43(45)36-17-11-25-50-47(36)54(42)33-15-10-12-30(28-33)44(49)31-21-22-34-35-16-6-8-19-40(35)52-27-26-51-46(52)37(34)29-31/h3-29,44H,1-2H3. The minimum absolute atomic E-state index is 0.252. The minimum Gasteiger partial charge on any atom is -0.309 e. The molecule has 4 aromatic heterocycles. The number of aromatic nitrogens is 4. The molecule has 0 saturated carbocycles. The quantitative estimate of drug-likeness (QED) is 0.172. The number of pyridine rings is 2. The highest BCUT2D eigenvalue weighted by Crippen LogP contribution is 2.55. The zero-order valence-electron chi connectivity index (χ0n) is 29.8. The van der Waals surface area contributed by atoms with Crippen LogP contribution in [-0.2, 0) is 5.41 Å². The average molecular weight is 700 g/mol. The number of para-hydroxylation sites is 3. The van der Waals surface area contributed by atoms with E-state index < -0.39 is 6.17 Å². The van der Waals surface area contributed by atoms with Gasteiger partial charge in [0.25, 0.3) is 0 Å². The Labute approximate surface area is 311 Å². The predicted octanol–water partition coefficient (Wildman–Crippen LogP) is 12.3. The molecule has 0 bridgehead atoms. The van der Waals surface area contributed by atoms with Gasteiger partial charge in [-0.15, -0.1) is 0 Å². The van der Waals surface area contributed by atoms with Crippen LogP contribution in [0.1, 0.15) is 42.3 Å². The Bertz CT molecular complexity index is 3120. The maximum Gasteiger partial charge on any atom is 0.150 e. The van der Waals surface area contributed by atoms with Crippen molar-refractivity contribution in [2.24, 2.45) is 0 Å². The number of alkyl halides is 1. The molecule has 0 saturated heterocycles. The molecule has 5 heterocycles. The van der Waals surface area contributed by atoms with Gasteiger partial charge in [-0.05, 0) is 88.3 Å². The Balaban J connectivity index is 1.11. The van der Waals surface area contributed by atoms with Gasteiger partial charge in [0, 0.05) is 56.9 Å². The zero-order valence-corrected chi connectivity index (χ0v) is 29.8. The van der Waals surface area contributed by atoms with Crippen molar-refractivity contribution < 1.29 is 4.39 Å². The van der Waals surface area contributed by atoms with Crippen molar-refractivity contribution in [1.82, 2.24) is 18.9 Å². The number of rotatable bonds is 4. The normalized spacial score (nSPS) is 14.2. The molecule has 0 aliphatic carbocycles. The molecule has 0 radical (unpaired) electrons. The highest BCUT2D eigenvalue weighted by molar-refractivity contribution is 6.17. The summed E-state index contributed by atoms with van der Waals surface area (Å²) in [6.07, 6.45) is 4.26. The summed E-state index contributed by atoms with van der Waals surface area (Å²) in [5, 5.41) is 5.27. The summed E-state index contributed by atoms with van der Waals surface area (Å²) in [7, 11) is 0. The van der Waals surface area contributed by atoms with Crippen LogP contribution in [-0.4, -0.2) is 18.9 Å². The third-order valence-electron chi connectivity index (χ3n) is 11.5. The molecule has 258 valence electrons. The van der Waals surface area contributed by atoms with E-state index in [1.54, 1.807) is 6.20 Å². The first-order valence-electron chi connectivity index (χ1n) is 18.4. The van der Waals surface area contributed by atoms with Crippen LogP contribution >= 0.6 is 0 Å².